The van der Waals surface area contributed by atoms with Crippen molar-refractivity contribution in [2.75, 3.05) is 82.3 Å². The van der Waals surface area contributed by atoms with Gasteiger partial charge >= 0.3 is 0 Å². The van der Waals surface area contributed by atoms with Crippen LogP contribution in [0, 0.1) is 0 Å². The Kier molecular flexibility index (Phi) is 9.63. The molecular formula is C31H41BrN9O2PS. The molecule has 2 aliphatic heterocycles. The number of halogens is 1. The summed E-state index contributed by atoms with van der Waals surface area (Å²) < 4.78 is 19.9. The molecule has 0 aliphatic carbocycles. The molecule has 2 fully saturated rings. The van der Waals surface area contributed by atoms with Gasteiger partial charge in [0.15, 0.2) is 5.82 Å². The van der Waals surface area contributed by atoms with Crippen LogP contribution in [-0.4, -0.2) is 103 Å². The number of nitrogens with zero attached hydrogens (tertiary/aromatic N) is 7. The minimum absolute atomic E-state index is 0.414. The van der Waals surface area contributed by atoms with Gasteiger partial charge < -0.3 is 29.7 Å². The third-order valence-electron chi connectivity index (χ3n) is 8.70. The van der Waals surface area contributed by atoms with Gasteiger partial charge in [-0.3, -0.25) is 9.88 Å². The van der Waals surface area contributed by atoms with E-state index in [1.54, 1.807) is 39.0 Å². The third kappa shape index (κ3) is 6.97. The summed E-state index contributed by atoms with van der Waals surface area (Å²) in [5, 5.41) is 8.16. The van der Waals surface area contributed by atoms with E-state index in [2.05, 4.69) is 82.3 Å². The molecule has 3 aromatic heterocycles. The van der Waals surface area contributed by atoms with E-state index in [0.717, 1.165) is 48.9 Å². The van der Waals surface area contributed by atoms with Crippen LogP contribution in [0.1, 0.15) is 25.3 Å². The average Bonchev–Trinajstić information content (AvgIpc) is 3.41. The first-order valence-corrected chi connectivity index (χ1v) is 19.6. The summed E-state index contributed by atoms with van der Waals surface area (Å²) in [5.74, 6) is 1.70. The number of aromatic nitrogens is 4. The zero-order valence-electron chi connectivity index (χ0n) is 26.5. The standard InChI is InChI=1S/C31H41BrN9O2PS/c1-6-20-17-23(25(43-3)18-24(20)41-11-7-21(8-12-41)40-15-13-39(2)14-16-40)36-31-35-19-22(32)28(38-31)37-30-27(44(4,5)42)26-29(45-30)34-10-9-33-26/h9-10,17-19,21H,6-8,11-16H2,1-5H3,(H2,35,36,37,38). The van der Waals surface area contributed by atoms with Gasteiger partial charge in [-0.2, -0.15) is 4.98 Å². The van der Waals surface area contributed by atoms with Crippen molar-refractivity contribution in [1.82, 2.24) is 29.7 Å². The maximum absolute atomic E-state index is 13.3. The van der Waals surface area contributed by atoms with E-state index in [0.29, 0.717) is 38.1 Å². The van der Waals surface area contributed by atoms with E-state index in [1.165, 1.54) is 48.5 Å². The van der Waals surface area contributed by atoms with Gasteiger partial charge in [-0.05, 0) is 67.2 Å². The Hall–Kier alpha value is -2.83. The van der Waals surface area contributed by atoms with Crippen LogP contribution < -0.4 is 25.6 Å². The van der Waals surface area contributed by atoms with Gasteiger partial charge in [0.05, 0.1) is 22.6 Å². The first-order chi connectivity index (χ1) is 21.6. The topological polar surface area (TPSA) is 112 Å². The predicted octanol–water partition coefficient (Wildman–Crippen LogP) is 5.77. The van der Waals surface area contributed by atoms with Crippen molar-refractivity contribution >= 4 is 78.2 Å². The van der Waals surface area contributed by atoms with Crippen molar-refractivity contribution in [3.8, 4) is 5.75 Å². The molecule has 6 rings (SSSR count). The predicted molar refractivity (Wildman–Crippen MR) is 189 cm³/mol. The Morgan fingerprint density at radius 2 is 1.78 bits per heavy atom. The molecule has 0 atom stereocenters. The number of benzene rings is 1. The monoisotopic (exact) mass is 713 g/mol. The SMILES string of the molecule is CCc1cc(Nc2ncc(Br)c(Nc3sc4nccnc4c3P(C)(C)=O)n2)c(OC)cc1N1CCC(N2CCN(C)CC2)CC1. The highest BCUT2D eigenvalue weighted by atomic mass is 79.9. The van der Waals surface area contributed by atoms with Gasteiger partial charge in [0.2, 0.25) is 5.95 Å². The summed E-state index contributed by atoms with van der Waals surface area (Å²) in [4.78, 5) is 26.6. The van der Waals surface area contributed by atoms with Gasteiger partial charge in [-0.15, -0.1) is 0 Å². The van der Waals surface area contributed by atoms with E-state index in [4.69, 9.17) is 9.72 Å². The van der Waals surface area contributed by atoms with Crippen LogP contribution >= 0.6 is 34.4 Å². The maximum Gasteiger partial charge on any atom is 0.229 e. The molecule has 45 heavy (non-hydrogen) atoms. The smallest absolute Gasteiger partial charge is 0.229 e. The minimum Gasteiger partial charge on any atom is -0.494 e. The summed E-state index contributed by atoms with van der Waals surface area (Å²) in [5.41, 5.74) is 3.95. The second-order valence-corrected chi connectivity index (χ2v) is 17.1. The number of hydrogen-bond acceptors (Lipinski definition) is 12. The number of thiophene rings is 1. The number of methoxy groups -OCH3 is 1. The molecule has 0 amide bonds. The molecule has 4 aromatic rings. The van der Waals surface area contributed by atoms with Crippen molar-refractivity contribution in [1.29, 1.82) is 0 Å². The van der Waals surface area contributed by atoms with Crippen LogP contribution in [0.4, 0.5) is 28.1 Å². The average molecular weight is 715 g/mol. The summed E-state index contributed by atoms with van der Waals surface area (Å²) in [6.45, 7) is 12.4. The molecule has 0 unspecified atom stereocenters. The molecule has 0 spiro atoms. The van der Waals surface area contributed by atoms with Crippen molar-refractivity contribution in [3.63, 3.8) is 0 Å². The van der Waals surface area contributed by atoms with Crippen LogP contribution in [0.2, 0.25) is 0 Å². The zero-order valence-corrected chi connectivity index (χ0v) is 29.8. The first-order valence-electron chi connectivity index (χ1n) is 15.4. The summed E-state index contributed by atoms with van der Waals surface area (Å²) in [6.07, 6.45) is 8.22. The van der Waals surface area contributed by atoms with Gasteiger partial charge in [0, 0.05) is 75.7 Å². The van der Waals surface area contributed by atoms with E-state index in [-0.39, 0.29) is 0 Å². The van der Waals surface area contributed by atoms with Crippen LogP contribution in [0.15, 0.2) is 35.2 Å². The second-order valence-electron chi connectivity index (χ2n) is 12.1. The highest BCUT2D eigenvalue weighted by molar-refractivity contribution is 9.10. The third-order valence-corrected chi connectivity index (χ3v) is 12.0. The lowest BCUT2D eigenvalue weighted by atomic mass is 9.99. The molecule has 0 saturated carbocycles. The maximum atomic E-state index is 13.3. The Morgan fingerprint density at radius 3 is 2.47 bits per heavy atom. The fraction of sp³-hybridized carbons (Fsp3) is 0.484. The normalized spacial score (nSPS) is 17.2. The van der Waals surface area contributed by atoms with E-state index >= 15 is 0 Å². The fourth-order valence-electron chi connectivity index (χ4n) is 6.26. The quantitative estimate of drug-likeness (QED) is 0.206. The van der Waals surface area contributed by atoms with Crippen molar-refractivity contribution in [3.05, 3.63) is 40.8 Å². The van der Waals surface area contributed by atoms with E-state index < -0.39 is 7.14 Å². The van der Waals surface area contributed by atoms with Crippen LogP contribution in [-0.2, 0) is 11.0 Å². The van der Waals surface area contributed by atoms with Gasteiger partial charge in [0.1, 0.15) is 28.2 Å². The number of nitrogens with one attached hydrogen (secondary N) is 2. The highest BCUT2D eigenvalue weighted by Crippen LogP contribution is 2.45. The summed E-state index contributed by atoms with van der Waals surface area (Å²) in [7, 11) is 1.24. The lowest BCUT2D eigenvalue weighted by Gasteiger charge is -2.43. The number of hydrogen-bond donors (Lipinski definition) is 2. The minimum atomic E-state index is -2.68. The van der Waals surface area contributed by atoms with Gasteiger partial charge in [-0.1, -0.05) is 18.3 Å². The number of anilines is 5. The Morgan fingerprint density at radius 1 is 1.04 bits per heavy atom. The van der Waals surface area contributed by atoms with Crippen molar-refractivity contribution < 1.29 is 9.30 Å². The first kappa shape index (κ1) is 32.1. The number of piperazine rings is 1. The van der Waals surface area contributed by atoms with E-state index in [1.807, 2.05) is 0 Å². The summed E-state index contributed by atoms with van der Waals surface area (Å²) >= 11 is 4.99. The lowest BCUT2D eigenvalue weighted by Crippen LogP contribution is -2.52. The molecular weight excluding hydrogens is 673 g/mol. The molecule has 2 saturated heterocycles. The Balaban J connectivity index is 1.22. The van der Waals surface area contributed by atoms with Crippen molar-refractivity contribution in [2.24, 2.45) is 0 Å². The number of rotatable bonds is 9. The Bertz CT molecular complexity index is 1710. The molecule has 11 nitrogen and oxygen atoms in total. The molecule has 2 N–H and O–H groups in total. The fourth-order valence-corrected chi connectivity index (χ4v) is 9.54. The molecule has 5 heterocycles. The largest absolute Gasteiger partial charge is 0.494 e. The second kappa shape index (κ2) is 13.5. The molecule has 2 aliphatic rings. The van der Waals surface area contributed by atoms with Gasteiger partial charge in [0.25, 0.3) is 0 Å². The molecule has 0 bridgehead atoms. The lowest BCUT2D eigenvalue weighted by molar-refractivity contribution is 0.0982. The molecule has 0 radical (unpaired) electrons. The number of likely N-dealkylation sites (N-methyl/N-ethyl adjacent to an activating group) is 1. The van der Waals surface area contributed by atoms with Crippen molar-refractivity contribution in [2.45, 2.75) is 32.2 Å². The number of aryl methyl sites for hydroxylation is 1. The van der Waals surface area contributed by atoms with Crippen LogP contribution in [0.3, 0.4) is 0 Å². The molecule has 14 heteroatoms. The number of ether oxygens (including phenoxy) is 1. The van der Waals surface area contributed by atoms with Crippen LogP contribution in [0.25, 0.3) is 10.3 Å². The van der Waals surface area contributed by atoms with Gasteiger partial charge in [-0.25, -0.2) is 9.97 Å². The number of piperidine rings is 1. The van der Waals surface area contributed by atoms with Crippen LogP contribution in [0.5, 0.6) is 5.75 Å². The Labute approximate surface area is 277 Å². The summed E-state index contributed by atoms with van der Waals surface area (Å²) in [6, 6.07) is 4.97. The zero-order chi connectivity index (χ0) is 31.7. The highest BCUT2D eigenvalue weighted by Gasteiger charge is 2.28. The van der Waals surface area contributed by atoms with E-state index in [9.17, 15) is 4.57 Å². The molecule has 1 aromatic carbocycles. The molecule has 240 valence electrons. The number of fused-ring (bicyclic) bond motifs is 1.